The Kier molecular flexibility index (Phi) is 4.66. The number of aromatic nitrogens is 1. The minimum atomic E-state index is -2.93. The average molecular weight is 331 g/mol. The van der Waals surface area contributed by atoms with Crippen LogP contribution in [0.1, 0.15) is 24.1 Å². The monoisotopic (exact) mass is 331 g/mol. The molecule has 4 nitrogen and oxygen atoms in total. The van der Waals surface area contributed by atoms with Crippen LogP contribution < -0.4 is 4.74 Å². The molecule has 0 aliphatic heterocycles. The SMILES string of the molecule is CS(=O)(=O)CCCOc1ccc2c(n1)CCCc1ccccc1-2. The Morgan fingerprint density at radius 2 is 1.91 bits per heavy atom. The molecule has 0 N–H and O–H groups in total. The Morgan fingerprint density at radius 3 is 2.74 bits per heavy atom. The lowest BCUT2D eigenvalue weighted by atomic mass is 9.99. The number of hydrogen-bond acceptors (Lipinski definition) is 4. The summed E-state index contributed by atoms with van der Waals surface area (Å²) in [6.45, 7) is 0.370. The van der Waals surface area contributed by atoms with Crippen LogP contribution in [0.25, 0.3) is 11.1 Å². The second kappa shape index (κ2) is 6.71. The van der Waals surface area contributed by atoms with Crippen LogP contribution in [0.15, 0.2) is 36.4 Å². The third-order valence-electron chi connectivity index (χ3n) is 4.03. The zero-order valence-electron chi connectivity index (χ0n) is 13.3. The van der Waals surface area contributed by atoms with Gasteiger partial charge < -0.3 is 4.74 Å². The third kappa shape index (κ3) is 4.10. The van der Waals surface area contributed by atoms with Crippen molar-refractivity contribution in [2.75, 3.05) is 18.6 Å². The van der Waals surface area contributed by atoms with E-state index in [0.717, 1.165) is 25.0 Å². The Balaban J connectivity index is 1.74. The molecule has 0 unspecified atom stereocenters. The van der Waals surface area contributed by atoms with Gasteiger partial charge in [-0.15, -0.1) is 0 Å². The summed E-state index contributed by atoms with van der Waals surface area (Å²) in [6, 6.07) is 12.4. The molecule has 0 amide bonds. The normalized spacial score (nSPS) is 13.8. The number of rotatable bonds is 5. The van der Waals surface area contributed by atoms with E-state index in [4.69, 9.17) is 4.74 Å². The van der Waals surface area contributed by atoms with E-state index in [1.165, 1.54) is 22.9 Å². The Labute approximate surface area is 137 Å². The molecule has 5 heteroatoms. The first-order valence-corrected chi connectivity index (χ1v) is 9.98. The van der Waals surface area contributed by atoms with Gasteiger partial charge in [-0.05, 0) is 42.9 Å². The Bertz CT molecular complexity index is 800. The van der Waals surface area contributed by atoms with E-state index in [0.29, 0.717) is 18.9 Å². The maximum Gasteiger partial charge on any atom is 0.213 e. The maximum absolute atomic E-state index is 11.1. The Hall–Kier alpha value is -1.88. The highest BCUT2D eigenvalue weighted by Crippen LogP contribution is 2.32. The fourth-order valence-corrected chi connectivity index (χ4v) is 3.58. The summed E-state index contributed by atoms with van der Waals surface area (Å²) in [4.78, 5) is 4.63. The van der Waals surface area contributed by atoms with E-state index in [1.54, 1.807) is 0 Å². The van der Waals surface area contributed by atoms with Crippen molar-refractivity contribution in [3.8, 4) is 17.0 Å². The molecule has 1 heterocycles. The lowest BCUT2D eigenvalue weighted by molar-refractivity contribution is 0.305. The highest BCUT2D eigenvalue weighted by atomic mass is 32.2. The average Bonchev–Trinajstić information content (AvgIpc) is 2.69. The number of fused-ring (bicyclic) bond motifs is 3. The summed E-state index contributed by atoms with van der Waals surface area (Å²) >= 11 is 0. The molecule has 1 aromatic carbocycles. The van der Waals surface area contributed by atoms with Crippen molar-refractivity contribution in [1.82, 2.24) is 4.98 Å². The molecule has 0 saturated heterocycles. The van der Waals surface area contributed by atoms with Crippen molar-refractivity contribution in [3.05, 3.63) is 47.7 Å². The van der Waals surface area contributed by atoms with Crippen LogP contribution in [0.5, 0.6) is 5.88 Å². The van der Waals surface area contributed by atoms with Gasteiger partial charge in [0, 0.05) is 17.9 Å². The van der Waals surface area contributed by atoms with E-state index in [9.17, 15) is 8.42 Å². The molecular formula is C18H21NO3S. The fourth-order valence-electron chi connectivity index (χ4n) is 2.94. The van der Waals surface area contributed by atoms with Crippen LogP contribution in [-0.4, -0.2) is 32.0 Å². The lowest BCUT2D eigenvalue weighted by Crippen LogP contribution is -2.09. The smallest absolute Gasteiger partial charge is 0.213 e. The summed E-state index contributed by atoms with van der Waals surface area (Å²) in [7, 11) is -2.93. The highest BCUT2D eigenvalue weighted by molar-refractivity contribution is 7.90. The van der Waals surface area contributed by atoms with Gasteiger partial charge >= 0.3 is 0 Å². The van der Waals surface area contributed by atoms with Crippen molar-refractivity contribution in [3.63, 3.8) is 0 Å². The minimum absolute atomic E-state index is 0.144. The van der Waals surface area contributed by atoms with Crippen LogP contribution in [0.2, 0.25) is 0 Å². The van der Waals surface area contributed by atoms with Crippen molar-refractivity contribution < 1.29 is 13.2 Å². The molecule has 0 radical (unpaired) electrons. The van der Waals surface area contributed by atoms with Gasteiger partial charge in [0.25, 0.3) is 0 Å². The first kappa shape index (κ1) is 16.0. The van der Waals surface area contributed by atoms with E-state index in [-0.39, 0.29) is 5.75 Å². The topological polar surface area (TPSA) is 56.3 Å². The lowest BCUT2D eigenvalue weighted by Gasteiger charge is -2.11. The van der Waals surface area contributed by atoms with Gasteiger partial charge in [-0.1, -0.05) is 24.3 Å². The summed E-state index contributed by atoms with van der Waals surface area (Å²) in [5.74, 6) is 0.724. The molecule has 1 aliphatic rings. The summed E-state index contributed by atoms with van der Waals surface area (Å²) in [6.07, 6.45) is 4.81. The van der Waals surface area contributed by atoms with Crippen LogP contribution in [0, 0.1) is 0 Å². The molecule has 23 heavy (non-hydrogen) atoms. The first-order chi connectivity index (χ1) is 11.0. The fraction of sp³-hybridized carbons (Fsp3) is 0.389. The van der Waals surface area contributed by atoms with Gasteiger partial charge in [-0.2, -0.15) is 0 Å². The minimum Gasteiger partial charge on any atom is -0.478 e. The number of nitrogens with zero attached hydrogens (tertiary/aromatic N) is 1. The largest absolute Gasteiger partial charge is 0.478 e. The van der Waals surface area contributed by atoms with Gasteiger partial charge in [-0.25, -0.2) is 13.4 Å². The van der Waals surface area contributed by atoms with Crippen LogP contribution >= 0.6 is 0 Å². The third-order valence-corrected chi connectivity index (χ3v) is 5.06. The number of pyridine rings is 1. The van der Waals surface area contributed by atoms with Crippen molar-refractivity contribution in [1.29, 1.82) is 0 Å². The van der Waals surface area contributed by atoms with Crippen molar-refractivity contribution in [2.24, 2.45) is 0 Å². The number of sulfone groups is 1. The molecule has 1 aliphatic carbocycles. The van der Waals surface area contributed by atoms with E-state index in [1.807, 2.05) is 6.07 Å². The van der Waals surface area contributed by atoms with Crippen LogP contribution in [0.3, 0.4) is 0 Å². The van der Waals surface area contributed by atoms with Gasteiger partial charge in [0.15, 0.2) is 0 Å². The van der Waals surface area contributed by atoms with Crippen molar-refractivity contribution in [2.45, 2.75) is 25.7 Å². The predicted octanol–water partition coefficient (Wildman–Crippen LogP) is 3.05. The van der Waals surface area contributed by atoms with Gasteiger partial charge in [-0.3, -0.25) is 0 Å². The van der Waals surface area contributed by atoms with E-state index in [2.05, 4.69) is 35.3 Å². The Morgan fingerprint density at radius 1 is 1.09 bits per heavy atom. The molecule has 3 rings (SSSR count). The summed E-state index contributed by atoms with van der Waals surface area (Å²) in [5.41, 5.74) is 4.88. The summed E-state index contributed by atoms with van der Waals surface area (Å²) < 4.78 is 27.9. The second-order valence-corrected chi connectivity index (χ2v) is 8.25. The second-order valence-electron chi connectivity index (χ2n) is 5.99. The zero-order valence-corrected chi connectivity index (χ0v) is 14.1. The van der Waals surface area contributed by atoms with E-state index < -0.39 is 9.84 Å². The number of benzene rings is 1. The molecule has 1 aromatic heterocycles. The zero-order chi connectivity index (χ0) is 16.3. The van der Waals surface area contributed by atoms with Gasteiger partial charge in [0.2, 0.25) is 5.88 Å². The molecular weight excluding hydrogens is 310 g/mol. The van der Waals surface area contributed by atoms with Crippen LogP contribution in [-0.2, 0) is 22.7 Å². The van der Waals surface area contributed by atoms with Gasteiger partial charge in [0.1, 0.15) is 9.84 Å². The highest BCUT2D eigenvalue weighted by Gasteiger charge is 2.15. The number of aryl methyl sites for hydroxylation is 2. The quantitative estimate of drug-likeness (QED) is 0.790. The number of ether oxygens (including phenoxy) is 1. The first-order valence-electron chi connectivity index (χ1n) is 7.92. The molecule has 2 aromatic rings. The van der Waals surface area contributed by atoms with Crippen LogP contribution in [0.4, 0.5) is 0 Å². The molecule has 0 spiro atoms. The molecule has 0 saturated carbocycles. The number of hydrogen-bond donors (Lipinski definition) is 0. The van der Waals surface area contributed by atoms with Crippen molar-refractivity contribution >= 4 is 9.84 Å². The predicted molar refractivity (Wildman–Crippen MR) is 91.5 cm³/mol. The molecule has 122 valence electrons. The molecule has 0 atom stereocenters. The van der Waals surface area contributed by atoms with E-state index >= 15 is 0 Å². The molecule has 0 fully saturated rings. The molecule has 0 bridgehead atoms. The maximum atomic E-state index is 11.1. The standard InChI is InChI=1S/C18H21NO3S/c1-23(20,21)13-5-12-22-18-11-10-16-15-8-3-2-6-14(15)7-4-9-17(16)19-18/h2-3,6,8,10-11H,4-5,7,9,12-13H2,1H3. The van der Waals surface area contributed by atoms with Gasteiger partial charge in [0.05, 0.1) is 18.1 Å². The summed E-state index contributed by atoms with van der Waals surface area (Å²) in [5, 5.41) is 0.